The summed E-state index contributed by atoms with van der Waals surface area (Å²) in [7, 11) is 0. The van der Waals surface area contributed by atoms with E-state index in [2.05, 4.69) is 0 Å². The molecule has 0 atom stereocenters. The van der Waals surface area contributed by atoms with E-state index in [1.54, 1.807) is 0 Å². The molecule has 0 saturated carbocycles. The van der Waals surface area contributed by atoms with Crippen LogP contribution in [0.1, 0.15) is 11.1 Å². The molecule has 0 heterocycles. The molecule has 0 saturated heterocycles. The molecule has 0 aromatic heterocycles. The molecular weight excluding hydrogens is 385 g/mol. The van der Waals surface area contributed by atoms with E-state index in [-0.39, 0.29) is 6.07 Å². The third-order valence-corrected chi connectivity index (χ3v) is 3.36. The van der Waals surface area contributed by atoms with Crippen LogP contribution in [-0.2, 0) is 11.8 Å². The van der Waals surface area contributed by atoms with Gasteiger partial charge in [0.15, 0.2) is 23.3 Å². The van der Waals surface area contributed by atoms with Gasteiger partial charge < -0.3 is 0 Å². The fraction of sp³-hybridized carbons (Fsp3) is 0.143. The van der Waals surface area contributed by atoms with Gasteiger partial charge in [-0.1, -0.05) is 12.1 Å². The van der Waals surface area contributed by atoms with Gasteiger partial charge in [0.1, 0.15) is 11.1 Å². The number of nitro benzene ring substituents is 1. The molecule has 12 heteroatoms. The van der Waals surface area contributed by atoms with Gasteiger partial charge in [-0.2, -0.15) is 17.6 Å². The maximum Gasteiger partial charge on any atom is 0.346 e. The Bertz CT molecular complexity index is 869. The van der Waals surface area contributed by atoms with Crippen LogP contribution < -0.4 is 0 Å². The lowest BCUT2D eigenvalue weighted by Gasteiger charge is -2.27. The molecule has 0 unspecified atom stereocenters. The molecule has 0 fully saturated rings. The number of nitrogens with zero attached hydrogens (tertiary/aromatic N) is 1. The number of rotatable bonds is 4. The second-order valence-electron chi connectivity index (χ2n) is 4.87. The fourth-order valence-electron chi connectivity index (χ4n) is 2.11. The summed E-state index contributed by atoms with van der Waals surface area (Å²) in [4.78, 5) is 9.25. The monoisotopic (exact) mass is 389 g/mol. The van der Waals surface area contributed by atoms with Crippen LogP contribution in [-0.4, -0.2) is 4.92 Å². The number of halogens is 9. The highest BCUT2D eigenvalue weighted by molar-refractivity contribution is 5.45. The minimum atomic E-state index is -6.01. The molecule has 0 aliphatic heterocycles. The van der Waals surface area contributed by atoms with Crippen molar-refractivity contribution in [2.24, 2.45) is 0 Å². The van der Waals surface area contributed by atoms with E-state index in [9.17, 15) is 49.6 Å². The van der Waals surface area contributed by atoms with Gasteiger partial charge >= 0.3 is 11.8 Å². The van der Waals surface area contributed by atoms with Gasteiger partial charge in [-0.05, 0) is 6.07 Å². The van der Waals surface area contributed by atoms with Crippen molar-refractivity contribution in [3.8, 4) is 0 Å². The summed E-state index contributed by atoms with van der Waals surface area (Å²) in [6.45, 7) is 0. The second-order valence-corrected chi connectivity index (χ2v) is 4.87. The molecule has 0 spiro atoms. The van der Waals surface area contributed by atoms with Crippen LogP contribution >= 0.6 is 0 Å². The molecule has 0 N–H and O–H groups in total. The quantitative estimate of drug-likeness (QED) is 0.238. The number of nitro groups is 1. The lowest BCUT2D eigenvalue weighted by Crippen LogP contribution is -2.38. The average molecular weight is 389 g/mol. The van der Waals surface area contributed by atoms with Crippen molar-refractivity contribution in [3.63, 3.8) is 0 Å². The molecule has 2 aromatic rings. The van der Waals surface area contributed by atoms with Crippen LogP contribution in [0.5, 0.6) is 0 Å². The van der Waals surface area contributed by atoms with E-state index in [0.717, 1.165) is 6.07 Å². The Hall–Kier alpha value is -2.79. The van der Waals surface area contributed by atoms with Crippen LogP contribution in [0, 0.1) is 39.2 Å². The van der Waals surface area contributed by atoms with Crippen molar-refractivity contribution in [3.05, 3.63) is 74.6 Å². The Morgan fingerprint density at radius 3 is 1.62 bits per heavy atom. The molecular formula is C14H4F9NO2. The Morgan fingerprint density at radius 2 is 1.15 bits per heavy atom. The van der Waals surface area contributed by atoms with Crippen LogP contribution in [0.4, 0.5) is 45.2 Å². The molecule has 0 amide bonds. The zero-order valence-corrected chi connectivity index (χ0v) is 12.0. The predicted octanol–water partition coefficient (Wildman–Crippen LogP) is 5.17. The second kappa shape index (κ2) is 6.18. The lowest BCUT2D eigenvalue weighted by atomic mass is 9.93. The number of benzene rings is 2. The van der Waals surface area contributed by atoms with Crippen LogP contribution in [0.3, 0.4) is 0 Å². The number of hydrogen-bond donors (Lipinski definition) is 0. The van der Waals surface area contributed by atoms with Crippen molar-refractivity contribution in [2.75, 3.05) is 0 Å². The first-order chi connectivity index (χ1) is 11.9. The normalized spacial score (nSPS) is 12.3. The Morgan fingerprint density at radius 1 is 0.731 bits per heavy atom. The molecule has 0 radical (unpaired) electrons. The van der Waals surface area contributed by atoms with Crippen LogP contribution in [0.15, 0.2) is 24.3 Å². The van der Waals surface area contributed by atoms with Crippen molar-refractivity contribution in [1.29, 1.82) is 0 Å². The van der Waals surface area contributed by atoms with E-state index in [4.69, 9.17) is 0 Å². The summed E-state index contributed by atoms with van der Waals surface area (Å²) in [5, 5.41) is 10.7. The molecule has 26 heavy (non-hydrogen) atoms. The van der Waals surface area contributed by atoms with Crippen molar-refractivity contribution in [1.82, 2.24) is 0 Å². The van der Waals surface area contributed by atoms with Crippen molar-refractivity contribution in [2.45, 2.75) is 11.8 Å². The van der Waals surface area contributed by atoms with Crippen LogP contribution in [0.25, 0.3) is 0 Å². The smallest absolute Gasteiger partial charge is 0.258 e. The molecule has 2 aromatic carbocycles. The molecule has 2 rings (SSSR count). The van der Waals surface area contributed by atoms with Gasteiger partial charge in [0.05, 0.1) is 4.92 Å². The summed E-state index contributed by atoms with van der Waals surface area (Å²) < 4.78 is 123. The summed E-state index contributed by atoms with van der Waals surface area (Å²) >= 11 is 0. The minimum Gasteiger partial charge on any atom is -0.258 e. The Labute approximate surface area is 137 Å². The summed E-state index contributed by atoms with van der Waals surface area (Å²) in [6, 6.07) is 2.09. The minimum absolute atomic E-state index is 0.165. The van der Waals surface area contributed by atoms with E-state index in [0.29, 0.717) is 12.1 Å². The first-order valence-corrected chi connectivity index (χ1v) is 6.37. The largest absolute Gasteiger partial charge is 0.346 e. The maximum absolute atomic E-state index is 14.2. The topological polar surface area (TPSA) is 43.1 Å². The number of para-hydroxylation sites is 1. The number of hydrogen-bond acceptors (Lipinski definition) is 2. The highest BCUT2D eigenvalue weighted by Gasteiger charge is 2.64. The maximum atomic E-state index is 14.2. The highest BCUT2D eigenvalue weighted by atomic mass is 19.3. The van der Waals surface area contributed by atoms with Gasteiger partial charge in [0.25, 0.3) is 5.69 Å². The third kappa shape index (κ3) is 2.65. The first-order valence-electron chi connectivity index (χ1n) is 6.37. The Kier molecular flexibility index (Phi) is 4.64. The summed E-state index contributed by atoms with van der Waals surface area (Å²) in [5.41, 5.74) is -6.61. The van der Waals surface area contributed by atoms with Gasteiger partial charge in [0.2, 0.25) is 5.82 Å². The third-order valence-electron chi connectivity index (χ3n) is 3.36. The SMILES string of the molecule is O=[N+]([O-])c1ccccc1C(F)(F)C(F)(F)c1c(F)c(F)c(F)c(F)c1F. The van der Waals surface area contributed by atoms with Crippen LogP contribution in [0.2, 0.25) is 0 Å². The fourth-order valence-corrected chi connectivity index (χ4v) is 2.11. The zero-order chi connectivity index (χ0) is 20.0. The molecule has 0 aliphatic rings. The van der Waals surface area contributed by atoms with E-state index in [1.165, 1.54) is 0 Å². The predicted molar refractivity (Wildman–Crippen MR) is 67.1 cm³/mol. The zero-order valence-electron chi connectivity index (χ0n) is 12.0. The van der Waals surface area contributed by atoms with Crippen molar-refractivity contribution < 1.29 is 44.4 Å². The molecule has 3 nitrogen and oxygen atoms in total. The molecule has 0 bridgehead atoms. The van der Waals surface area contributed by atoms with Gasteiger partial charge in [-0.25, -0.2) is 22.0 Å². The summed E-state index contributed by atoms with van der Waals surface area (Å²) in [6.07, 6.45) is 0. The van der Waals surface area contributed by atoms with Crippen molar-refractivity contribution >= 4 is 5.69 Å². The average Bonchev–Trinajstić information content (AvgIpc) is 2.58. The standard InChI is InChI=1S/C14H4F9NO2/c15-8-7(9(16)11(18)12(19)10(8)17)14(22,23)13(20,21)5-3-1-2-4-6(5)24(25)26/h1-4H. The lowest BCUT2D eigenvalue weighted by molar-refractivity contribution is -0.388. The first kappa shape index (κ1) is 19.5. The number of alkyl halides is 4. The van der Waals surface area contributed by atoms with E-state index < -0.39 is 62.7 Å². The highest BCUT2D eigenvalue weighted by Crippen LogP contribution is 2.53. The van der Waals surface area contributed by atoms with E-state index >= 15 is 0 Å². The molecule has 140 valence electrons. The van der Waals surface area contributed by atoms with Gasteiger partial charge in [0, 0.05) is 6.07 Å². The Balaban J connectivity index is 2.82. The van der Waals surface area contributed by atoms with Gasteiger partial charge in [-0.3, -0.25) is 10.1 Å². The van der Waals surface area contributed by atoms with Gasteiger partial charge in [-0.15, -0.1) is 0 Å². The summed E-state index contributed by atoms with van der Waals surface area (Å²) in [5.74, 6) is -26.6. The molecule has 0 aliphatic carbocycles. The van der Waals surface area contributed by atoms with E-state index in [1.807, 2.05) is 0 Å².